The molecule has 0 aliphatic rings. The minimum atomic E-state index is -3.29. The molecule has 0 rings (SSSR count). The van der Waals surface area contributed by atoms with E-state index in [1.54, 1.807) is 0 Å². The molecule has 120 valence electrons. The van der Waals surface area contributed by atoms with Gasteiger partial charge < -0.3 is 30.0 Å². The molecule has 0 amide bonds. The maximum absolute atomic E-state index is 11.6. The van der Waals surface area contributed by atoms with Crippen LogP contribution in [0.4, 0.5) is 0 Å². The smallest absolute Gasteiger partial charge is 0.302 e. The van der Waals surface area contributed by atoms with Crippen LogP contribution in [0.25, 0.3) is 0 Å². The fourth-order valence-corrected chi connectivity index (χ4v) is 1.87. The molecular weight excluding hydrogens is 288 g/mol. The topological polar surface area (TPSA) is 158 Å². The zero-order chi connectivity index (χ0) is 17.0. The van der Waals surface area contributed by atoms with Crippen LogP contribution in [0.2, 0.25) is 0 Å². The number of aliphatic hydroxyl groups excluding tert-OH is 2. The Hall–Kier alpha value is -1.68. The molecular formula is C12H18O9. The van der Waals surface area contributed by atoms with E-state index in [4.69, 9.17) is 0 Å². The van der Waals surface area contributed by atoms with Crippen molar-refractivity contribution in [2.75, 3.05) is 6.61 Å². The lowest BCUT2D eigenvalue weighted by molar-refractivity contribution is -0.227. The van der Waals surface area contributed by atoms with Crippen molar-refractivity contribution in [2.24, 2.45) is 0 Å². The molecule has 9 nitrogen and oxygen atoms in total. The monoisotopic (exact) mass is 306 g/mol. The summed E-state index contributed by atoms with van der Waals surface area (Å²) in [7, 11) is 0. The standard InChI is InChI=1S/C12H18O9/c1-6(14)11(19,9(17)4-13)12(20,7(2)15)10(18)5-21-8(3)16/h4,9-10,17-20H,5H2,1-3H3. The van der Waals surface area contributed by atoms with Crippen molar-refractivity contribution < 1.29 is 44.3 Å². The second-order valence-corrected chi connectivity index (χ2v) is 4.54. The summed E-state index contributed by atoms with van der Waals surface area (Å²) in [5.41, 5.74) is -6.53. The third-order valence-electron chi connectivity index (χ3n) is 3.14. The second kappa shape index (κ2) is 6.85. The predicted octanol–water partition coefficient (Wildman–Crippen LogP) is -2.89. The number of Topliss-reactive ketones (excluding diaryl/α,β-unsaturated/α-hetero) is 2. The number of ketones is 2. The van der Waals surface area contributed by atoms with Gasteiger partial charge in [-0.3, -0.25) is 14.4 Å². The van der Waals surface area contributed by atoms with Crippen LogP contribution in [0.1, 0.15) is 20.8 Å². The highest BCUT2D eigenvalue weighted by molar-refractivity contribution is 6.00. The van der Waals surface area contributed by atoms with Crippen LogP contribution in [0.15, 0.2) is 0 Å². The van der Waals surface area contributed by atoms with Gasteiger partial charge in [0.2, 0.25) is 0 Å². The number of carbonyl (C=O) groups excluding carboxylic acids is 4. The van der Waals surface area contributed by atoms with Crippen LogP contribution >= 0.6 is 0 Å². The molecule has 0 aromatic rings. The zero-order valence-corrected chi connectivity index (χ0v) is 11.8. The largest absolute Gasteiger partial charge is 0.463 e. The minimum absolute atomic E-state index is 0.270. The molecule has 0 heterocycles. The van der Waals surface area contributed by atoms with Crippen molar-refractivity contribution in [3.05, 3.63) is 0 Å². The van der Waals surface area contributed by atoms with Crippen LogP contribution in [0, 0.1) is 0 Å². The molecule has 0 radical (unpaired) electrons. The summed E-state index contributed by atoms with van der Waals surface area (Å²) in [6.07, 6.45) is -4.99. The SMILES string of the molecule is CC(=O)OCC(O)C(O)(C(C)=O)C(O)(C(C)=O)C(O)C=O. The Kier molecular flexibility index (Phi) is 6.30. The second-order valence-electron chi connectivity index (χ2n) is 4.54. The number of ether oxygens (including phenoxy) is 1. The van der Waals surface area contributed by atoms with Crippen LogP contribution in [-0.2, 0) is 23.9 Å². The van der Waals surface area contributed by atoms with E-state index in [2.05, 4.69) is 4.74 Å². The molecule has 0 saturated carbocycles. The molecule has 0 aliphatic heterocycles. The van der Waals surface area contributed by atoms with Crippen LogP contribution in [-0.4, -0.2) is 74.3 Å². The average Bonchev–Trinajstić information content (AvgIpc) is 2.40. The lowest BCUT2D eigenvalue weighted by Crippen LogP contribution is -2.74. The van der Waals surface area contributed by atoms with E-state index < -0.39 is 47.6 Å². The third kappa shape index (κ3) is 3.32. The molecule has 0 saturated heterocycles. The highest BCUT2D eigenvalue weighted by Gasteiger charge is 2.64. The molecule has 4 N–H and O–H groups in total. The Morgan fingerprint density at radius 2 is 1.48 bits per heavy atom. The van der Waals surface area contributed by atoms with Crippen LogP contribution in [0.3, 0.4) is 0 Å². The molecule has 9 heteroatoms. The van der Waals surface area contributed by atoms with Crippen LogP contribution in [0.5, 0.6) is 0 Å². The van der Waals surface area contributed by atoms with Crippen LogP contribution < -0.4 is 0 Å². The fourth-order valence-electron chi connectivity index (χ4n) is 1.87. The van der Waals surface area contributed by atoms with E-state index in [1.807, 2.05) is 0 Å². The van der Waals surface area contributed by atoms with E-state index in [-0.39, 0.29) is 6.29 Å². The first-order chi connectivity index (χ1) is 9.46. The number of hydrogen-bond acceptors (Lipinski definition) is 9. The predicted molar refractivity (Wildman–Crippen MR) is 66.0 cm³/mol. The highest BCUT2D eigenvalue weighted by atomic mass is 16.5. The van der Waals surface area contributed by atoms with Gasteiger partial charge in [0.05, 0.1) is 0 Å². The average molecular weight is 306 g/mol. The Morgan fingerprint density at radius 3 is 1.76 bits per heavy atom. The molecule has 21 heavy (non-hydrogen) atoms. The van der Waals surface area contributed by atoms with Crippen molar-refractivity contribution in [1.82, 2.24) is 0 Å². The van der Waals surface area contributed by atoms with Gasteiger partial charge in [0.15, 0.2) is 29.1 Å². The van der Waals surface area contributed by atoms with Gasteiger partial charge in [0.25, 0.3) is 0 Å². The number of aldehydes is 1. The van der Waals surface area contributed by atoms with E-state index in [1.165, 1.54) is 0 Å². The van der Waals surface area contributed by atoms with Gasteiger partial charge in [-0.25, -0.2) is 0 Å². The number of esters is 1. The minimum Gasteiger partial charge on any atom is -0.463 e. The summed E-state index contributed by atoms with van der Waals surface area (Å²) >= 11 is 0. The fraction of sp³-hybridized carbons (Fsp3) is 0.667. The molecule has 0 aromatic carbocycles. The molecule has 4 atom stereocenters. The Balaban J connectivity index is 5.91. The summed E-state index contributed by atoms with van der Waals surface area (Å²) in [6, 6.07) is 0. The number of rotatable bonds is 8. The van der Waals surface area contributed by atoms with Crippen molar-refractivity contribution in [1.29, 1.82) is 0 Å². The Bertz CT molecular complexity index is 446. The van der Waals surface area contributed by atoms with Crippen molar-refractivity contribution in [2.45, 2.75) is 44.2 Å². The molecule has 0 spiro atoms. The summed E-state index contributed by atoms with van der Waals surface area (Å²) in [5, 5.41) is 39.8. The molecule has 0 aliphatic carbocycles. The Labute approximate surface area is 120 Å². The summed E-state index contributed by atoms with van der Waals surface area (Å²) < 4.78 is 4.39. The Morgan fingerprint density at radius 1 is 1.05 bits per heavy atom. The number of carbonyl (C=O) groups is 4. The van der Waals surface area contributed by atoms with Gasteiger partial charge in [-0.15, -0.1) is 0 Å². The van der Waals surface area contributed by atoms with Gasteiger partial charge in [0, 0.05) is 6.92 Å². The van der Waals surface area contributed by atoms with Gasteiger partial charge in [-0.05, 0) is 13.8 Å². The van der Waals surface area contributed by atoms with Gasteiger partial charge in [-0.2, -0.15) is 0 Å². The summed E-state index contributed by atoms with van der Waals surface area (Å²) in [4.78, 5) is 44.5. The lowest BCUT2D eigenvalue weighted by atomic mass is 9.70. The number of aliphatic hydroxyl groups is 4. The van der Waals surface area contributed by atoms with Crippen molar-refractivity contribution >= 4 is 23.8 Å². The maximum Gasteiger partial charge on any atom is 0.302 e. The van der Waals surface area contributed by atoms with Gasteiger partial charge in [0.1, 0.15) is 18.8 Å². The number of hydrogen-bond donors (Lipinski definition) is 4. The first kappa shape index (κ1) is 19.3. The zero-order valence-electron chi connectivity index (χ0n) is 11.8. The molecule has 0 aromatic heterocycles. The third-order valence-corrected chi connectivity index (χ3v) is 3.14. The van der Waals surface area contributed by atoms with E-state index in [0.29, 0.717) is 6.92 Å². The van der Waals surface area contributed by atoms with Gasteiger partial charge in [-0.1, -0.05) is 0 Å². The maximum atomic E-state index is 11.6. The van der Waals surface area contributed by atoms with Crippen molar-refractivity contribution in [3.8, 4) is 0 Å². The van der Waals surface area contributed by atoms with E-state index in [0.717, 1.165) is 13.8 Å². The summed E-state index contributed by atoms with van der Waals surface area (Å²) in [6.45, 7) is 1.48. The molecule has 4 unspecified atom stereocenters. The molecule has 0 fully saturated rings. The quantitative estimate of drug-likeness (QED) is 0.273. The summed E-state index contributed by atoms with van der Waals surface area (Å²) in [5.74, 6) is -3.50. The molecule has 0 bridgehead atoms. The van der Waals surface area contributed by atoms with E-state index in [9.17, 15) is 39.6 Å². The first-order valence-electron chi connectivity index (χ1n) is 5.87. The van der Waals surface area contributed by atoms with Crippen molar-refractivity contribution in [3.63, 3.8) is 0 Å². The van der Waals surface area contributed by atoms with E-state index >= 15 is 0 Å². The lowest BCUT2D eigenvalue weighted by Gasteiger charge is -2.43. The van der Waals surface area contributed by atoms with Gasteiger partial charge >= 0.3 is 5.97 Å². The highest BCUT2D eigenvalue weighted by Crippen LogP contribution is 2.31. The first-order valence-corrected chi connectivity index (χ1v) is 5.87. The normalized spacial score (nSPS) is 19.6.